The zero-order chi connectivity index (χ0) is 9.90. The Bertz CT molecular complexity index is 351. The van der Waals surface area contributed by atoms with Gasteiger partial charge in [0.25, 0.3) is 5.91 Å². The minimum atomic E-state index is -3.56. The van der Waals surface area contributed by atoms with Crippen LogP contribution < -0.4 is 5.09 Å². The van der Waals surface area contributed by atoms with Gasteiger partial charge in [0.2, 0.25) is 0 Å². The molecule has 7 heteroatoms. The summed E-state index contributed by atoms with van der Waals surface area (Å²) in [6.07, 6.45) is 2.87. The summed E-state index contributed by atoms with van der Waals surface area (Å²) < 4.78 is 10.8. The molecule has 1 rings (SSSR count). The van der Waals surface area contributed by atoms with Crippen LogP contribution in [0.15, 0.2) is 24.5 Å². The SMILES string of the molecule is O=C(NP(=O)(Cl)Cl)c1ccncc1. The second kappa shape index (κ2) is 4.09. The van der Waals surface area contributed by atoms with Gasteiger partial charge in [-0.15, -0.1) is 0 Å². The third-order valence-corrected chi connectivity index (χ3v) is 2.14. The zero-order valence-electron chi connectivity index (χ0n) is 6.28. The maximum Gasteiger partial charge on any atom is 0.345 e. The average Bonchev–Trinajstić information content (AvgIpc) is 2.03. The van der Waals surface area contributed by atoms with E-state index in [0.29, 0.717) is 5.56 Å². The molecular formula is C6H5Cl2N2O2P. The predicted molar refractivity (Wildman–Crippen MR) is 51.0 cm³/mol. The van der Waals surface area contributed by atoms with Gasteiger partial charge in [-0.25, -0.2) is 0 Å². The minimum absolute atomic E-state index is 0.302. The highest BCUT2D eigenvalue weighted by Gasteiger charge is 2.17. The topological polar surface area (TPSA) is 59.1 Å². The molecule has 0 bridgehead atoms. The van der Waals surface area contributed by atoms with Gasteiger partial charge in [0.1, 0.15) is 0 Å². The van der Waals surface area contributed by atoms with Crippen LogP contribution in [-0.2, 0) is 4.57 Å². The van der Waals surface area contributed by atoms with Crippen molar-refractivity contribution in [2.24, 2.45) is 0 Å². The molecule has 0 saturated carbocycles. The normalized spacial score (nSPS) is 10.9. The van der Waals surface area contributed by atoms with Crippen LogP contribution in [0.3, 0.4) is 0 Å². The first kappa shape index (κ1) is 10.5. The molecule has 4 nitrogen and oxygen atoms in total. The van der Waals surface area contributed by atoms with E-state index in [-0.39, 0.29) is 0 Å². The van der Waals surface area contributed by atoms with Gasteiger partial charge in [0.15, 0.2) is 0 Å². The van der Waals surface area contributed by atoms with Gasteiger partial charge in [-0.2, -0.15) is 0 Å². The number of hydrogen-bond acceptors (Lipinski definition) is 3. The van der Waals surface area contributed by atoms with Gasteiger partial charge in [-0.05, 0) is 34.6 Å². The Morgan fingerprint density at radius 2 is 1.92 bits per heavy atom. The summed E-state index contributed by atoms with van der Waals surface area (Å²) in [5.74, 6) is -4.15. The second-order valence-electron chi connectivity index (χ2n) is 2.14. The fourth-order valence-electron chi connectivity index (χ4n) is 0.686. The van der Waals surface area contributed by atoms with Gasteiger partial charge in [0.05, 0.1) is 0 Å². The lowest BCUT2D eigenvalue weighted by Gasteiger charge is -2.03. The van der Waals surface area contributed by atoms with E-state index in [1.165, 1.54) is 24.5 Å². The highest BCUT2D eigenvalue weighted by molar-refractivity contribution is 8.07. The fraction of sp³-hybridized carbons (Fsp3) is 0. The lowest BCUT2D eigenvalue weighted by molar-refractivity contribution is 0.0982. The summed E-state index contributed by atoms with van der Waals surface area (Å²) >= 11 is 10.3. The van der Waals surface area contributed by atoms with Crippen LogP contribution >= 0.6 is 28.5 Å². The van der Waals surface area contributed by atoms with E-state index in [0.717, 1.165) is 0 Å². The van der Waals surface area contributed by atoms with Gasteiger partial charge in [-0.3, -0.25) is 19.4 Å². The van der Waals surface area contributed by atoms with E-state index in [9.17, 15) is 9.36 Å². The van der Waals surface area contributed by atoms with E-state index in [2.05, 4.69) is 4.98 Å². The first-order valence-electron chi connectivity index (χ1n) is 3.21. The summed E-state index contributed by atoms with van der Waals surface area (Å²) in [6, 6.07) is 2.91. The van der Waals surface area contributed by atoms with Gasteiger partial charge >= 0.3 is 6.00 Å². The van der Waals surface area contributed by atoms with Crippen LogP contribution in [0.5, 0.6) is 0 Å². The number of halogens is 2. The van der Waals surface area contributed by atoms with Crippen molar-refractivity contribution in [2.75, 3.05) is 0 Å². The van der Waals surface area contributed by atoms with Gasteiger partial charge in [0, 0.05) is 18.0 Å². The fourth-order valence-corrected chi connectivity index (χ4v) is 1.51. The maximum atomic E-state index is 11.2. The maximum absolute atomic E-state index is 11.2. The molecule has 0 aliphatic carbocycles. The van der Waals surface area contributed by atoms with Crippen molar-refractivity contribution in [3.05, 3.63) is 30.1 Å². The van der Waals surface area contributed by atoms with Crippen LogP contribution in [-0.4, -0.2) is 10.9 Å². The quantitative estimate of drug-likeness (QED) is 0.806. The van der Waals surface area contributed by atoms with Crippen molar-refractivity contribution >= 4 is 34.4 Å². The largest absolute Gasteiger partial charge is 0.345 e. The number of hydrogen-bond donors (Lipinski definition) is 1. The van der Waals surface area contributed by atoms with E-state index in [1.807, 2.05) is 5.09 Å². The molecular weight excluding hydrogens is 234 g/mol. The van der Waals surface area contributed by atoms with Crippen LogP contribution in [0.1, 0.15) is 10.4 Å². The third-order valence-electron chi connectivity index (χ3n) is 1.17. The monoisotopic (exact) mass is 238 g/mol. The number of amides is 1. The first-order chi connectivity index (χ1) is 5.99. The Morgan fingerprint density at radius 3 is 2.38 bits per heavy atom. The Kier molecular flexibility index (Phi) is 3.31. The number of rotatable bonds is 2. The van der Waals surface area contributed by atoms with E-state index in [4.69, 9.17) is 22.5 Å². The van der Waals surface area contributed by atoms with Crippen molar-refractivity contribution < 1.29 is 9.36 Å². The Hall–Kier alpha value is -0.570. The predicted octanol–water partition coefficient (Wildman–Crippen LogP) is 2.40. The van der Waals surface area contributed by atoms with Crippen molar-refractivity contribution in [3.63, 3.8) is 0 Å². The summed E-state index contributed by atoms with van der Waals surface area (Å²) in [4.78, 5) is 14.9. The molecule has 1 aromatic heterocycles. The van der Waals surface area contributed by atoms with Crippen LogP contribution in [0, 0.1) is 0 Å². The van der Waals surface area contributed by atoms with E-state index < -0.39 is 11.9 Å². The minimum Gasteiger partial charge on any atom is -0.279 e. The molecule has 1 aromatic rings. The van der Waals surface area contributed by atoms with Crippen LogP contribution in [0.25, 0.3) is 0 Å². The van der Waals surface area contributed by atoms with Crippen molar-refractivity contribution in [2.45, 2.75) is 0 Å². The number of pyridine rings is 1. The molecule has 1 heterocycles. The molecule has 1 amide bonds. The number of nitrogens with zero attached hydrogens (tertiary/aromatic N) is 1. The lowest BCUT2D eigenvalue weighted by atomic mass is 10.3. The number of carbonyl (C=O) groups excluding carboxylic acids is 1. The Balaban J connectivity index is 2.76. The summed E-state index contributed by atoms with van der Waals surface area (Å²) in [6.45, 7) is 0. The number of carbonyl (C=O) groups is 1. The second-order valence-corrected chi connectivity index (χ2v) is 6.66. The summed E-state index contributed by atoms with van der Waals surface area (Å²) in [5.41, 5.74) is 0.302. The van der Waals surface area contributed by atoms with Gasteiger partial charge in [-0.1, -0.05) is 0 Å². The molecule has 0 radical (unpaired) electrons. The summed E-state index contributed by atoms with van der Waals surface area (Å²) in [7, 11) is 0. The average molecular weight is 239 g/mol. The zero-order valence-corrected chi connectivity index (χ0v) is 8.68. The number of aromatic nitrogens is 1. The molecule has 0 atom stereocenters. The van der Waals surface area contributed by atoms with Crippen LogP contribution in [0.4, 0.5) is 0 Å². The lowest BCUT2D eigenvalue weighted by Crippen LogP contribution is -2.16. The van der Waals surface area contributed by atoms with E-state index in [1.54, 1.807) is 0 Å². The molecule has 1 N–H and O–H groups in total. The molecule has 0 fully saturated rings. The first-order valence-corrected chi connectivity index (χ1v) is 6.73. The highest BCUT2D eigenvalue weighted by Crippen LogP contribution is 2.52. The molecule has 0 spiro atoms. The van der Waals surface area contributed by atoms with E-state index >= 15 is 0 Å². The third kappa shape index (κ3) is 3.77. The Labute approximate surface area is 84.3 Å². The number of nitrogens with one attached hydrogen (secondary N) is 1. The molecule has 0 aromatic carbocycles. The van der Waals surface area contributed by atoms with Crippen molar-refractivity contribution in [3.8, 4) is 0 Å². The Morgan fingerprint density at radius 1 is 1.38 bits per heavy atom. The molecule has 0 saturated heterocycles. The molecule has 70 valence electrons. The van der Waals surface area contributed by atoms with Crippen LogP contribution in [0.2, 0.25) is 0 Å². The smallest absolute Gasteiger partial charge is 0.279 e. The molecule has 0 aliphatic heterocycles. The van der Waals surface area contributed by atoms with Crippen molar-refractivity contribution in [1.29, 1.82) is 0 Å². The van der Waals surface area contributed by atoms with Crippen molar-refractivity contribution in [1.82, 2.24) is 10.1 Å². The highest BCUT2D eigenvalue weighted by atomic mass is 35.9. The molecule has 0 unspecified atom stereocenters. The molecule has 13 heavy (non-hydrogen) atoms. The van der Waals surface area contributed by atoms with Gasteiger partial charge < -0.3 is 0 Å². The summed E-state index contributed by atoms with van der Waals surface area (Å²) in [5, 5.41) is 1.96. The molecule has 0 aliphatic rings. The standard InChI is InChI=1S/C6H5Cl2N2O2P/c7-13(8,12)10-6(11)5-1-3-9-4-2-5/h1-4H,(H,10,11,12).